The number of ketones is 1. The van der Waals surface area contributed by atoms with Gasteiger partial charge >= 0.3 is 0 Å². The second kappa shape index (κ2) is 4.45. The first-order valence-corrected chi connectivity index (χ1v) is 6.48. The van der Waals surface area contributed by atoms with Crippen LogP contribution in [0.1, 0.15) is 20.8 Å². The van der Waals surface area contributed by atoms with Crippen molar-refractivity contribution in [3.8, 4) is 0 Å². The smallest absolute Gasteiger partial charge is 0.194 e. The van der Waals surface area contributed by atoms with Crippen LogP contribution >= 0.6 is 33.9 Å². The molecule has 0 aliphatic carbocycles. The zero-order valence-corrected chi connectivity index (χ0v) is 11.1. The predicted octanol–water partition coefficient (Wildman–Crippen LogP) is 3.89. The summed E-state index contributed by atoms with van der Waals surface area (Å²) in [6.45, 7) is 2.01. The molecule has 0 fully saturated rings. The van der Waals surface area contributed by atoms with Gasteiger partial charge in [0, 0.05) is 25.0 Å². The largest absolute Gasteiger partial charge is 0.289 e. The predicted molar refractivity (Wildman–Crippen MR) is 71.6 cm³/mol. The van der Waals surface area contributed by atoms with Crippen molar-refractivity contribution in [2.24, 2.45) is 0 Å². The molecule has 0 N–H and O–H groups in total. The molecule has 0 atom stereocenters. The minimum Gasteiger partial charge on any atom is -0.289 e. The third-order valence-corrected chi connectivity index (χ3v) is 3.91. The molecule has 76 valence electrons. The maximum Gasteiger partial charge on any atom is 0.194 e. The third kappa shape index (κ3) is 2.29. The molecule has 3 heteroatoms. The summed E-state index contributed by atoms with van der Waals surface area (Å²) in [7, 11) is 0. The van der Waals surface area contributed by atoms with Crippen LogP contribution in [0.5, 0.6) is 0 Å². The Labute approximate surface area is 106 Å². The SMILES string of the molecule is Cc1cc(C(=O)c2ccccc2I)cs1. The molecule has 0 bridgehead atoms. The van der Waals surface area contributed by atoms with Crippen LogP contribution in [0, 0.1) is 10.5 Å². The highest BCUT2D eigenvalue weighted by molar-refractivity contribution is 14.1. The number of benzene rings is 1. The maximum atomic E-state index is 12.1. The van der Waals surface area contributed by atoms with Crippen molar-refractivity contribution in [1.29, 1.82) is 0 Å². The fourth-order valence-electron chi connectivity index (χ4n) is 1.36. The summed E-state index contributed by atoms with van der Waals surface area (Å²) in [5.74, 6) is 0.115. The van der Waals surface area contributed by atoms with E-state index in [9.17, 15) is 4.79 Å². The molecule has 0 saturated heterocycles. The van der Waals surface area contributed by atoms with Crippen LogP contribution in [0.15, 0.2) is 35.7 Å². The Hall–Kier alpha value is -0.680. The standard InChI is InChI=1S/C12H9IOS/c1-8-6-9(7-15-8)12(14)10-4-2-3-5-11(10)13/h2-7H,1H3. The van der Waals surface area contributed by atoms with E-state index in [1.54, 1.807) is 11.3 Å². The first kappa shape index (κ1) is 10.8. The normalized spacial score (nSPS) is 10.3. The van der Waals surface area contributed by atoms with Crippen LogP contribution in [-0.4, -0.2) is 5.78 Å². The van der Waals surface area contributed by atoms with E-state index in [-0.39, 0.29) is 5.78 Å². The number of carbonyl (C=O) groups excluding carboxylic acids is 1. The number of rotatable bonds is 2. The van der Waals surface area contributed by atoms with Crippen molar-refractivity contribution in [2.45, 2.75) is 6.92 Å². The first-order chi connectivity index (χ1) is 7.18. The zero-order valence-electron chi connectivity index (χ0n) is 8.16. The molecule has 1 heterocycles. The Morgan fingerprint density at radius 2 is 2.07 bits per heavy atom. The summed E-state index contributed by atoms with van der Waals surface area (Å²) >= 11 is 3.80. The van der Waals surface area contributed by atoms with Gasteiger partial charge in [0.25, 0.3) is 0 Å². The first-order valence-electron chi connectivity index (χ1n) is 4.53. The molecule has 1 nitrogen and oxygen atoms in total. The molecule has 0 aliphatic rings. The maximum absolute atomic E-state index is 12.1. The highest BCUT2D eigenvalue weighted by Crippen LogP contribution is 2.20. The summed E-state index contributed by atoms with van der Waals surface area (Å²) in [6, 6.07) is 9.60. The molecule has 0 amide bonds. The average molecular weight is 328 g/mol. The summed E-state index contributed by atoms with van der Waals surface area (Å²) in [5, 5.41) is 1.92. The van der Waals surface area contributed by atoms with Crippen LogP contribution in [0.4, 0.5) is 0 Å². The monoisotopic (exact) mass is 328 g/mol. The molecule has 0 unspecified atom stereocenters. The molecular formula is C12H9IOS. The topological polar surface area (TPSA) is 17.1 Å². The zero-order chi connectivity index (χ0) is 10.8. The number of hydrogen-bond donors (Lipinski definition) is 0. The summed E-state index contributed by atoms with van der Waals surface area (Å²) in [4.78, 5) is 13.3. The van der Waals surface area contributed by atoms with E-state index < -0.39 is 0 Å². The molecule has 15 heavy (non-hydrogen) atoms. The number of aryl methyl sites for hydroxylation is 1. The van der Waals surface area contributed by atoms with Crippen LogP contribution in [0.3, 0.4) is 0 Å². The number of hydrogen-bond acceptors (Lipinski definition) is 2. The van der Waals surface area contributed by atoms with Crippen LogP contribution in [-0.2, 0) is 0 Å². The molecular weight excluding hydrogens is 319 g/mol. The van der Waals surface area contributed by atoms with Crippen LogP contribution in [0.2, 0.25) is 0 Å². The van der Waals surface area contributed by atoms with E-state index in [1.807, 2.05) is 42.6 Å². The fourth-order valence-corrected chi connectivity index (χ4v) is 2.68. The number of halogens is 1. The lowest BCUT2D eigenvalue weighted by Gasteiger charge is -2.00. The van der Waals surface area contributed by atoms with Gasteiger partial charge in [-0.15, -0.1) is 11.3 Å². The van der Waals surface area contributed by atoms with Crippen molar-refractivity contribution in [1.82, 2.24) is 0 Å². The number of carbonyl (C=O) groups is 1. The van der Waals surface area contributed by atoms with Crippen molar-refractivity contribution in [2.75, 3.05) is 0 Å². The van der Waals surface area contributed by atoms with Crippen LogP contribution in [0.25, 0.3) is 0 Å². The Morgan fingerprint density at radius 1 is 1.33 bits per heavy atom. The molecule has 0 spiro atoms. The van der Waals surface area contributed by atoms with Crippen molar-refractivity contribution in [3.63, 3.8) is 0 Å². The van der Waals surface area contributed by atoms with Crippen molar-refractivity contribution >= 4 is 39.7 Å². The van der Waals surface area contributed by atoms with Crippen LogP contribution < -0.4 is 0 Å². The van der Waals surface area contributed by atoms with E-state index in [2.05, 4.69) is 22.6 Å². The Bertz CT molecular complexity index is 502. The van der Waals surface area contributed by atoms with Gasteiger partial charge in [0.15, 0.2) is 5.78 Å². The quantitative estimate of drug-likeness (QED) is 0.604. The highest BCUT2D eigenvalue weighted by atomic mass is 127. The summed E-state index contributed by atoms with van der Waals surface area (Å²) in [5.41, 5.74) is 1.58. The molecule has 0 saturated carbocycles. The van der Waals surface area contributed by atoms with Gasteiger partial charge in [0.05, 0.1) is 0 Å². The molecule has 2 rings (SSSR count). The summed E-state index contributed by atoms with van der Waals surface area (Å²) in [6.07, 6.45) is 0. The summed E-state index contributed by atoms with van der Waals surface area (Å²) < 4.78 is 1.00. The van der Waals surface area contributed by atoms with E-state index in [0.717, 1.165) is 14.7 Å². The van der Waals surface area contributed by atoms with E-state index in [4.69, 9.17) is 0 Å². The lowest BCUT2D eigenvalue weighted by atomic mass is 10.1. The molecule has 1 aromatic carbocycles. The second-order valence-corrected chi connectivity index (χ2v) is 5.53. The van der Waals surface area contributed by atoms with Gasteiger partial charge in [0.2, 0.25) is 0 Å². The van der Waals surface area contributed by atoms with Gasteiger partial charge in [-0.2, -0.15) is 0 Å². The average Bonchev–Trinajstić information content (AvgIpc) is 2.65. The van der Waals surface area contributed by atoms with Crippen molar-refractivity contribution < 1.29 is 4.79 Å². The van der Waals surface area contributed by atoms with Gasteiger partial charge in [-0.25, -0.2) is 0 Å². The van der Waals surface area contributed by atoms with Gasteiger partial charge in [-0.1, -0.05) is 12.1 Å². The second-order valence-electron chi connectivity index (χ2n) is 3.26. The third-order valence-electron chi connectivity index (χ3n) is 2.11. The Kier molecular flexibility index (Phi) is 3.21. The van der Waals surface area contributed by atoms with E-state index >= 15 is 0 Å². The molecule has 2 aromatic rings. The lowest BCUT2D eigenvalue weighted by molar-refractivity contribution is 0.103. The highest BCUT2D eigenvalue weighted by Gasteiger charge is 2.12. The Morgan fingerprint density at radius 3 is 2.67 bits per heavy atom. The van der Waals surface area contributed by atoms with Gasteiger partial charge < -0.3 is 0 Å². The number of thiophene rings is 1. The molecule has 1 aromatic heterocycles. The fraction of sp³-hybridized carbons (Fsp3) is 0.0833. The van der Waals surface area contributed by atoms with Gasteiger partial charge in [-0.05, 0) is 47.7 Å². The Balaban J connectivity index is 2.41. The molecule has 0 radical (unpaired) electrons. The minimum absolute atomic E-state index is 0.115. The lowest BCUT2D eigenvalue weighted by Crippen LogP contribution is -2.01. The van der Waals surface area contributed by atoms with E-state index in [1.165, 1.54) is 4.88 Å². The van der Waals surface area contributed by atoms with Gasteiger partial charge in [-0.3, -0.25) is 4.79 Å². The minimum atomic E-state index is 0.115. The van der Waals surface area contributed by atoms with Crippen molar-refractivity contribution in [3.05, 3.63) is 55.3 Å². The van der Waals surface area contributed by atoms with E-state index in [0.29, 0.717) is 0 Å². The van der Waals surface area contributed by atoms with Gasteiger partial charge in [0.1, 0.15) is 0 Å². The molecule has 0 aliphatic heterocycles.